The fourth-order valence-corrected chi connectivity index (χ4v) is 1.23. The second-order valence-electron chi connectivity index (χ2n) is 3.67. The highest BCUT2D eigenvalue weighted by Crippen LogP contribution is 2.03. The van der Waals surface area contributed by atoms with Crippen molar-refractivity contribution < 1.29 is 14.7 Å². The van der Waals surface area contributed by atoms with E-state index in [1.54, 1.807) is 12.3 Å². The Kier molecular flexibility index (Phi) is 4.59. The van der Waals surface area contributed by atoms with Crippen LogP contribution in [0.15, 0.2) is 18.3 Å². The molecule has 17 heavy (non-hydrogen) atoms. The molecule has 0 bridgehead atoms. The van der Waals surface area contributed by atoms with Crippen LogP contribution in [0.25, 0.3) is 0 Å². The Morgan fingerprint density at radius 3 is 2.88 bits per heavy atom. The molecule has 1 aromatic rings. The molecular formula is C11H15N3O3. The van der Waals surface area contributed by atoms with Crippen LogP contribution in [0.5, 0.6) is 0 Å². The van der Waals surface area contributed by atoms with Gasteiger partial charge in [0.2, 0.25) is 11.8 Å². The standard InChI is InChI=1S/C11H15N3O3/c1-7-3-2-4-13-8(7)5-10(16)14-6-9(15)11(12)17/h2-4,9,15H,5-6H2,1H3,(H2,12,17)(H,14,16). The minimum absolute atomic E-state index is 0.109. The number of primary amides is 1. The predicted octanol–water partition coefficient (Wildman–Crippen LogP) is -1.11. The Morgan fingerprint density at radius 2 is 2.29 bits per heavy atom. The van der Waals surface area contributed by atoms with E-state index in [9.17, 15) is 9.59 Å². The summed E-state index contributed by atoms with van der Waals surface area (Å²) in [4.78, 5) is 26.1. The van der Waals surface area contributed by atoms with Crippen molar-refractivity contribution in [1.82, 2.24) is 10.3 Å². The Morgan fingerprint density at radius 1 is 1.59 bits per heavy atom. The van der Waals surface area contributed by atoms with E-state index in [1.165, 1.54) is 0 Å². The molecule has 1 unspecified atom stereocenters. The number of rotatable bonds is 5. The van der Waals surface area contributed by atoms with Crippen LogP contribution < -0.4 is 11.1 Å². The number of carbonyl (C=O) groups is 2. The molecule has 1 rings (SSSR count). The molecule has 0 radical (unpaired) electrons. The van der Waals surface area contributed by atoms with Gasteiger partial charge in [-0.05, 0) is 18.6 Å². The molecule has 1 aromatic heterocycles. The molecule has 4 N–H and O–H groups in total. The predicted molar refractivity (Wildman–Crippen MR) is 60.9 cm³/mol. The van der Waals surface area contributed by atoms with E-state index < -0.39 is 12.0 Å². The molecule has 0 spiro atoms. The van der Waals surface area contributed by atoms with Crippen molar-refractivity contribution in [2.75, 3.05) is 6.54 Å². The molecule has 1 atom stereocenters. The molecule has 0 saturated carbocycles. The van der Waals surface area contributed by atoms with Gasteiger partial charge in [0.25, 0.3) is 0 Å². The molecular weight excluding hydrogens is 222 g/mol. The summed E-state index contributed by atoms with van der Waals surface area (Å²) in [5.41, 5.74) is 6.43. The van der Waals surface area contributed by atoms with Gasteiger partial charge in [0, 0.05) is 6.20 Å². The molecule has 1 heterocycles. The fourth-order valence-electron chi connectivity index (χ4n) is 1.23. The number of hydrogen-bond donors (Lipinski definition) is 3. The zero-order valence-electron chi connectivity index (χ0n) is 9.51. The van der Waals surface area contributed by atoms with E-state index in [0.717, 1.165) is 5.56 Å². The largest absolute Gasteiger partial charge is 0.381 e. The lowest BCUT2D eigenvalue weighted by atomic mass is 10.1. The van der Waals surface area contributed by atoms with Gasteiger partial charge in [-0.15, -0.1) is 0 Å². The molecule has 6 nitrogen and oxygen atoms in total. The normalized spacial score (nSPS) is 11.9. The Hall–Kier alpha value is -1.95. The number of aliphatic hydroxyl groups excluding tert-OH is 1. The molecule has 0 aliphatic heterocycles. The van der Waals surface area contributed by atoms with Crippen molar-refractivity contribution in [3.8, 4) is 0 Å². The van der Waals surface area contributed by atoms with Crippen molar-refractivity contribution in [2.45, 2.75) is 19.4 Å². The summed E-state index contributed by atoms with van der Waals surface area (Å²) in [5, 5.41) is 11.5. The number of pyridine rings is 1. The molecule has 0 fully saturated rings. The van der Waals surface area contributed by atoms with Gasteiger partial charge in [-0.1, -0.05) is 6.07 Å². The van der Waals surface area contributed by atoms with E-state index in [4.69, 9.17) is 10.8 Å². The van der Waals surface area contributed by atoms with Crippen LogP contribution >= 0.6 is 0 Å². The summed E-state index contributed by atoms with van der Waals surface area (Å²) in [7, 11) is 0. The summed E-state index contributed by atoms with van der Waals surface area (Å²) < 4.78 is 0. The van der Waals surface area contributed by atoms with Crippen LogP contribution in [0.2, 0.25) is 0 Å². The highest BCUT2D eigenvalue weighted by atomic mass is 16.3. The van der Waals surface area contributed by atoms with Crippen molar-refractivity contribution >= 4 is 11.8 Å². The van der Waals surface area contributed by atoms with Gasteiger partial charge < -0.3 is 16.2 Å². The number of aromatic nitrogens is 1. The van der Waals surface area contributed by atoms with Gasteiger partial charge in [-0.25, -0.2) is 0 Å². The van der Waals surface area contributed by atoms with E-state index in [1.807, 2.05) is 13.0 Å². The van der Waals surface area contributed by atoms with Crippen molar-refractivity contribution in [2.24, 2.45) is 5.73 Å². The van der Waals surface area contributed by atoms with Gasteiger partial charge in [-0.2, -0.15) is 0 Å². The quantitative estimate of drug-likeness (QED) is 0.604. The van der Waals surface area contributed by atoms with Crippen LogP contribution in [-0.4, -0.2) is 34.6 Å². The van der Waals surface area contributed by atoms with E-state index >= 15 is 0 Å². The molecule has 2 amide bonds. The second kappa shape index (κ2) is 5.95. The zero-order valence-corrected chi connectivity index (χ0v) is 9.51. The lowest BCUT2D eigenvalue weighted by Crippen LogP contribution is -2.40. The van der Waals surface area contributed by atoms with Gasteiger partial charge >= 0.3 is 0 Å². The highest BCUT2D eigenvalue weighted by molar-refractivity contribution is 5.81. The first-order chi connectivity index (χ1) is 8.00. The lowest BCUT2D eigenvalue weighted by molar-refractivity contribution is -0.126. The topological polar surface area (TPSA) is 105 Å². The maximum Gasteiger partial charge on any atom is 0.248 e. The maximum atomic E-state index is 11.5. The SMILES string of the molecule is Cc1cccnc1CC(=O)NCC(O)C(N)=O. The highest BCUT2D eigenvalue weighted by Gasteiger charge is 2.13. The maximum absolute atomic E-state index is 11.5. The molecule has 0 aliphatic carbocycles. The van der Waals surface area contributed by atoms with Gasteiger partial charge in [0.1, 0.15) is 6.10 Å². The Labute approximate surface area is 98.8 Å². The number of nitrogens with two attached hydrogens (primary N) is 1. The van der Waals surface area contributed by atoms with Crippen molar-refractivity contribution in [3.63, 3.8) is 0 Å². The second-order valence-corrected chi connectivity index (χ2v) is 3.67. The van der Waals surface area contributed by atoms with E-state index in [2.05, 4.69) is 10.3 Å². The summed E-state index contributed by atoms with van der Waals surface area (Å²) in [6, 6.07) is 3.64. The average molecular weight is 237 g/mol. The molecule has 92 valence electrons. The number of nitrogens with one attached hydrogen (secondary N) is 1. The van der Waals surface area contributed by atoms with Gasteiger partial charge in [0.05, 0.1) is 18.7 Å². The van der Waals surface area contributed by atoms with Gasteiger partial charge in [0.15, 0.2) is 0 Å². The van der Waals surface area contributed by atoms with E-state index in [-0.39, 0.29) is 18.9 Å². The first-order valence-electron chi connectivity index (χ1n) is 5.15. The Bertz CT molecular complexity index is 420. The minimum Gasteiger partial charge on any atom is -0.381 e. The number of carbonyl (C=O) groups excluding carboxylic acids is 2. The first-order valence-corrected chi connectivity index (χ1v) is 5.15. The minimum atomic E-state index is -1.36. The van der Waals surface area contributed by atoms with Crippen LogP contribution in [0.4, 0.5) is 0 Å². The average Bonchev–Trinajstić information content (AvgIpc) is 2.29. The number of hydrogen-bond acceptors (Lipinski definition) is 4. The van der Waals surface area contributed by atoms with E-state index in [0.29, 0.717) is 5.69 Å². The van der Waals surface area contributed by atoms with Crippen LogP contribution in [0.1, 0.15) is 11.3 Å². The summed E-state index contributed by atoms with van der Waals surface area (Å²) in [6.07, 6.45) is 0.357. The fraction of sp³-hybridized carbons (Fsp3) is 0.364. The third-order valence-electron chi connectivity index (χ3n) is 2.27. The molecule has 0 saturated heterocycles. The van der Waals surface area contributed by atoms with Gasteiger partial charge in [-0.3, -0.25) is 14.6 Å². The van der Waals surface area contributed by atoms with Crippen LogP contribution in [0.3, 0.4) is 0 Å². The Balaban J connectivity index is 2.46. The summed E-state index contributed by atoms with van der Waals surface area (Å²) in [6.45, 7) is 1.67. The smallest absolute Gasteiger partial charge is 0.248 e. The molecule has 0 aromatic carbocycles. The zero-order chi connectivity index (χ0) is 12.8. The number of aliphatic hydroxyl groups is 1. The lowest BCUT2D eigenvalue weighted by Gasteiger charge is -2.09. The first kappa shape index (κ1) is 13.1. The molecule has 0 aliphatic rings. The van der Waals surface area contributed by atoms with Crippen LogP contribution in [-0.2, 0) is 16.0 Å². The third kappa shape index (κ3) is 4.20. The monoisotopic (exact) mass is 237 g/mol. The summed E-state index contributed by atoms with van der Waals surface area (Å²) >= 11 is 0. The number of nitrogens with zero attached hydrogens (tertiary/aromatic N) is 1. The molecule has 6 heteroatoms. The van der Waals surface area contributed by atoms with Crippen molar-refractivity contribution in [3.05, 3.63) is 29.6 Å². The number of amides is 2. The van der Waals surface area contributed by atoms with Crippen molar-refractivity contribution in [1.29, 1.82) is 0 Å². The number of aryl methyl sites for hydroxylation is 1. The third-order valence-corrected chi connectivity index (χ3v) is 2.27. The van der Waals surface area contributed by atoms with Crippen LogP contribution in [0, 0.1) is 6.92 Å². The summed E-state index contributed by atoms with van der Waals surface area (Å²) in [5.74, 6) is -1.17.